The Morgan fingerprint density at radius 2 is 1.07 bits per heavy atom. The summed E-state index contributed by atoms with van der Waals surface area (Å²) in [4.78, 5) is 28.7. The number of carbonyl (C=O) groups is 3. The van der Waals surface area contributed by atoms with E-state index in [1.54, 1.807) is 10.9 Å². The molecule has 11 heteroatoms. The molecule has 11 nitrogen and oxygen atoms in total. The second-order valence-corrected chi connectivity index (χ2v) is 7.44. The van der Waals surface area contributed by atoms with Crippen LogP contribution in [0.1, 0.15) is 46.4 Å². The van der Waals surface area contributed by atoms with E-state index in [1.165, 1.54) is 0 Å². The van der Waals surface area contributed by atoms with E-state index >= 15 is 0 Å². The third-order valence-corrected chi connectivity index (χ3v) is 5.08. The third-order valence-electron chi connectivity index (χ3n) is 5.08. The number of nitrogens with two attached hydrogens (primary N) is 2. The number of amides is 3. The third kappa shape index (κ3) is 11.1. The van der Waals surface area contributed by atoms with Crippen molar-refractivity contribution in [3.63, 3.8) is 0 Å². The van der Waals surface area contributed by atoms with E-state index in [4.69, 9.17) is 19.8 Å². The fourth-order valence-corrected chi connectivity index (χ4v) is 3.71. The summed E-state index contributed by atoms with van der Waals surface area (Å²) in [5.41, 5.74) is 11.2. The molecule has 0 unspecified atom stereocenters. The number of nitrogens with zero attached hydrogens (tertiary/aromatic N) is 2. The van der Waals surface area contributed by atoms with Crippen LogP contribution < -0.4 is 22.1 Å². The van der Waals surface area contributed by atoms with Gasteiger partial charge in [-0.2, -0.15) is 5.10 Å². The van der Waals surface area contributed by atoms with Gasteiger partial charge in [0.05, 0.1) is 6.20 Å². The van der Waals surface area contributed by atoms with E-state index in [1.807, 2.05) is 61.6 Å². The molecule has 8 N–H and O–H groups in total. The van der Waals surface area contributed by atoms with E-state index in [0.29, 0.717) is 17.9 Å². The van der Waals surface area contributed by atoms with Gasteiger partial charge in [-0.15, -0.1) is 0 Å². The molecular weight excluding hydrogens is 524 g/mol. The van der Waals surface area contributed by atoms with Gasteiger partial charge >= 0.3 is 12.2 Å². The maximum atomic E-state index is 11.1. The molecule has 0 fully saturated rings. The summed E-state index contributed by atoms with van der Waals surface area (Å²) in [5, 5.41) is 25.2. The molecule has 1 heterocycles. The predicted octanol–water partition coefficient (Wildman–Crippen LogP) is 6.18. The Kier molecular flexibility index (Phi) is 19.3. The molecule has 3 amide bonds. The summed E-state index contributed by atoms with van der Waals surface area (Å²) in [6, 6.07) is 30.9. The molecule has 0 spiro atoms. The predicted molar refractivity (Wildman–Crippen MR) is 167 cm³/mol. The first-order chi connectivity index (χ1) is 17.7. The molecule has 0 saturated heterocycles. The molecule has 0 atom stereocenters. The quantitative estimate of drug-likeness (QED) is 0.113. The fourth-order valence-electron chi connectivity index (χ4n) is 3.71. The highest BCUT2D eigenvalue weighted by molar-refractivity contribution is 5.80. The molecule has 0 radical (unpaired) electrons. The molecule has 0 aliphatic carbocycles. The maximum Gasteiger partial charge on any atom is 0.402 e. The number of carbonyl (C=O) groups excluding carboxylic acids is 1. The van der Waals surface area contributed by atoms with Crippen LogP contribution >= 0.6 is 0 Å². The van der Waals surface area contributed by atoms with Crippen molar-refractivity contribution < 1.29 is 24.6 Å². The lowest BCUT2D eigenvalue weighted by atomic mass is 9.77. The van der Waals surface area contributed by atoms with Gasteiger partial charge in [0, 0.05) is 7.05 Å². The number of nitrogens with one attached hydrogen (secondary N) is 2. The minimum absolute atomic E-state index is 0. The maximum absolute atomic E-state index is 11.1. The van der Waals surface area contributed by atoms with E-state index in [2.05, 4.69) is 63.6 Å². The first-order valence-corrected chi connectivity index (χ1v) is 10.9. The number of hydrogen-bond acceptors (Lipinski definition) is 5. The van der Waals surface area contributed by atoms with E-state index in [9.17, 15) is 4.79 Å². The molecule has 4 aromatic rings. The molecule has 224 valence electrons. The number of hydrogen-bond donors (Lipinski definition) is 6. The summed E-state index contributed by atoms with van der Waals surface area (Å²) in [5.74, 6) is 0.716. The van der Waals surface area contributed by atoms with Gasteiger partial charge < -0.3 is 32.3 Å². The molecule has 0 aliphatic rings. The lowest BCUT2D eigenvalue weighted by molar-refractivity contribution is -0.105. The van der Waals surface area contributed by atoms with Crippen molar-refractivity contribution in [3.05, 3.63) is 114 Å². The average molecular weight is 569 g/mol. The van der Waals surface area contributed by atoms with Crippen molar-refractivity contribution in [3.8, 4) is 0 Å². The zero-order chi connectivity index (χ0) is 27.3. The van der Waals surface area contributed by atoms with Crippen LogP contribution in [0.5, 0.6) is 0 Å². The van der Waals surface area contributed by atoms with E-state index < -0.39 is 17.7 Å². The number of aryl methyl sites for hydroxylation is 1. The average Bonchev–Trinajstić information content (AvgIpc) is 3.22. The molecule has 41 heavy (non-hydrogen) atoms. The van der Waals surface area contributed by atoms with Gasteiger partial charge in [-0.05, 0) is 16.7 Å². The summed E-state index contributed by atoms with van der Waals surface area (Å²) >= 11 is 0. The second-order valence-electron chi connectivity index (χ2n) is 7.44. The van der Waals surface area contributed by atoms with Crippen molar-refractivity contribution >= 4 is 30.1 Å². The van der Waals surface area contributed by atoms with Gasteiger partial charge in [0.1, 0.15) is 17.0 Å². The number of rotatable bonds is 7. The summed E-state index contributed by atoms with van der Waals surface area (Å²) in [7, 11) is 1.85. The number of aromatic nitrogens is 2. The van der Waals surface area contributed by atoms with Crippen LogP contribution in [0.4, 0.5) is 21.1 Å². The topological polar surface area (TPSA) is 186 Å². The molecule has 4 rings (SSSR count). The van der Waals surface area contributed by atoms with Crippen LogP contribution in [0.15, 0.2) is 97.2 Å². The smallest absolute Gasteiger partial charge is 0.402 e. The molecule has 0 aliphatic heterocycles. The summed E-state index contributed by atoms with van der Waals surface area (Å²) < 4.78 is 1.73. The molecule has 0 saturated carbocycles. The van der Waals surface area contributed by atoms with Gasteiger partial charge in [0.25, 0.3) is 0 Å². The monoisotopic (exact) mass is 568 g/mol. The Hall–Kier alpha value is -5.32. The summed E-state index contributed by atoms with van der Waals surface area (Å²) in [6.07, 6.45) is -0.361. The van der Waals surface area contributed by atoms with Crippen LogP contribution in [0.2, 0.25) is 0 Å². The molecule has 0 bridgehead atoms. The summed E-state index contributed by atoms with van der Waals surface area (Å²) in [6.45, 7) is 0. The van der Waals surface area contributed by atoms with Crippen LogP contribution in [-0.2, 0) is 17.4 Å². The Morgan fingerprint density at radius 3 is 1.37 bits per heavy atom. The number of primary amides is 2. The fraction of sp³-hybridized carbons (Fsp3) is 0.200. The first-order valence-electron chi connectivity index (χ1n) is 10.9. The van der Waals surface area contributed by atoms with Crippen molar-refractivity contribution in [2.75, 3.05) is 10.6 Å². The highest BCUT2D eigenvalue weighted by atomic mass is 16.4. The van der Waals surface area contributed by atoms with Crippen molar-refractivity contribution in [1.29, 1.82) is 0 Å². The minimum Gasteiger partial charge on any atom is -0.465 e. The first kappa shape index (κ1) is 40.2. The van der Waals surface area contributed by atoms with Crippen LogP contribution in [0.25, 0.3) is 0 Å². The SMILES string of the molecule is C.C.C.C.Cn1ncc(NC=O)c1NC(c1ccccc1)(c1ccccc1)c1ccccc1.NC(=O)O.NC(=O)O. The second kappa shape index (κ2) is 19.7. The van der Waals surface area contributed by atoms with Crippen molar-refractivity contribution in [2.45, 2.75) is 35.2 Å². The number of benzene rings is 3. The Bertz CT molecular complexity index is 1170. The van der Waals surface area contributed by atoms with Gasteiger partial charge in [-0.1, -0.05) is 121 Å². The van der Waals surface area contributed by atoms with E-state index in [0.717, 1.165) is 16.7 Å². The zero-order valence-electron chi connectivity index (χ0n) is 20.0. The Labute approximate surface area is 242 Å². The zero-order valence-corrected chi connectivity index (χ0v) is 20.0. The van der Waals surface area contributed by atoms with Crippen LogP contribution in [0, 0.1) is 0 Å². The molecule has 3 aromatic carbocycles. The van der Waals surface area contributed by atoms with Gasteiger partial charge in [0.15, 0.2) is 0 Å². The lowest BCUT2D eigenvalue weighted by Crippen LogP contribution is -2.39. The van der Waals surface area contributed by atoms with Gasteiger partial charge in [-0.3, -0.25) is 9.48 Å². The number of carboxylic acid groups (broad SMARTS) is 2. The molecular formula is C30H44N6O5. The normalized spacial score (nSPS) is 9.00. The van der Waals surface area contributed by atoms with Crippen molar-refractivity contribution in [2.24, 2.45) is 18.5 Å². The number of anilines is 2. The Morgan fingerprint density at radius 1 is 0.756 bits per heavy atom. The van der Waals surface area contributed by atoms with Crippen LogP contribution in [-0.4, -0.2) is 38.6 Å². The van der Waals surface area contributed by atoms with Gasteiger partial charge in [0.2, 0.25) is 6.41 Å². The highest BCUT2D eigenvalue weighted by Crippen LogP contribution is 2.41. The lowest BCUT2D eigenvalue weighted by Gasteiger charge is -2.38. The van der Waals surface area contributed by atoms with Gasteiger partial charge in [-0.25, -0.2) is 9.59 Å². The van der Waals surface area contributed by atoms with E-state index in [-0.39, 0.29) is 29.7 Å². The van der Waals surface area contributed by atoms with Crippen LogP contribution in [0.3, 0.4) is 0 Å². The highest BCUT2D eigenvalue weighted by Gasteiger charge is 2.37. The minimum atomic E-state index is -1.33. The van der Waals surface area contributed by atoms with Crippen molar-refractivity contribution in [1.82, 2.24) is 9.78 Å². The standard InChI is InChI=1S/C24H22N4O.2CH3NO2.4CH4/c1-28-23(22(17-26-28)25-18-29)27-24(19-11-5-2-6-12-19,20-13-7-3-8-14-20)21-15-9-4-10-16-21;2*2-1(3)4;;;;/h2-18,27H,1H3,(H,25,29);2*2H2,(H,3,4);4*1H4. The largest absolute Gasteiger partial charge is 0.465 e. The Balaban J connectivity index is -0.00000107. The molecule has 1 aromatic heterocycles.